The summed E-state index contributed by atoms with van der Waals surface area (Å²) >= 11 is 0. The molecule has 0 aromatic heterocycles. The lowest BCUT2D eigenvalue weighted by Gasteiger charge is -2.05. The molecule has 6 rings (SSSR count). The number of aliphatic imine (C=N–C) groups is 4. The predicted octanol–water partition coefficient (Wildman–Crippen LogP) is 4.76. The molecule has 0 saturated heterocycles. The van der Waals surface area contributed by atoms with Crippen molar-refractivity contribution in [3.8, 4) is 0 Å². The van der Waals surface area contributed by atoms with Crippen molar-refractivity contribution >= 4 is 28.4 Å². The smallest absolute Gasteiger partial charge is 0.174 e. The van der Waals surface area contributed by atoms with Gasteiger partial charge in [0.05, 0.1) is 39.8 Å². The van der Waals surface area contributed by atoms with Crippen LogP contribution in [-0.4, -0.2) is 38.2 Å². The predicted molar refractivity (Wildman–Crippen MR) is 129 cm³/mol. The summed E-state index contributed by atoms with van der Waals surface area (Å²) in [4.78, 5) is 18.0. The molecule has 0 unspecified atom stereocenters. The molecular formula is C26H16N4O3. The Kier molecular flexibility index (Phi) is 4.10. The van der Waals surface area contributed by atoms with E-state index < -0.39 is 5.76 Å². The molecular weight excluding hydrogens is 416 g/mol. The van der Waals surface area contributed by atoms with Gasteiger partial charge >= 0.3 is 0 Å². The highest BCUT2D eigenvalue weighted by Gasteiger charge is 2.31. The number of fused-ring (bicyclic) bond motifs is 4. The first-order chi connectivity index (χ1) is 16.0. The molecule has 1 aromatic carbocycles. The summed E-state index contributed by atoms with van der Waals surface area (Å²) in [6, 6.07) is 9.27. The molecule has 0 spiro atoms. The van der Waals surface area contributed by atoms with Crippen LogP contribution in [0.4, 0.5) is 0 Å². The highest BCUT2D eigenvalue weighted by molar-refractivity contribution is 6.33. The summed E-state index contributed by atoms with van der Waals surface area (Å²) in [5.41, 5.74) is 4.65. The van der Waals surface area contributed by atoms with Gasteiger partial charge in [0.1, 0.15) is 11.5 Å². The van der Waals surface area contributed by atoms with Gasteiger partial charge in [-0.05, 0) is 48.1 Å². The Hall–Kier alpha value is -4.78. The lowest BCUT2D eigenvalue weighted by atomic mass is 10.00. The summed E-state index contributed by atoms with van der Waals surface area (Å²) in [6.07, 6.45) is 14.1. The van der Waals surface area contributed by atoms with Gasteiger partial charge in [-0.3, -0.25) is 0 Å². The van der Waals surface area contributed by atoms with Crippen molar-refractivity contribution in [3.63, 3.8) is 0 Å². The zero-order chi connectivity index (χ0) is 22.5. The van der Waals surface area contributed by atoms with Gasteiger partial charge in [0.15, 0.2) is 17.2 Å². The second kappa shape index (κ2) is 7.13. The summed E-state index contributed by atoms with van der Waals surface area (Å²) in [5.74, 6) is -0.853. The van der Waals surface area contributed by atoms with Crippen LogP contribution in [0.15, 0.2) is 139 Å². The van der Waals surface area contributed by atoms with E-state index in [-0.39, 0.29) is 22.9 Å². The minimum atomic E-state index is -0.422. The Bertz CT molecular complexity index is 1500. The van der Waals surface area contributed by atoms with E-state index in [1.165, 1.54) is 6.08 Å². The van der Waals surface area contributed by atoms with Crippen molar-refractivity contribution in [1.82, 2.24) is 0 Å². The monoisotopic (exact) mass is 432 g/mol. The van der Waals surface area contributed by atoms with Crippen LogP contribution in [0.3, 0.4) is 0 Å². The standard InChI is InChI=1S/C26H16N4O3/c31-21-13-19-11-17-7-6-15(27-17)10-16-8-9-18(28-16)12-20-22(14-4-2-1-3-5-14)25(32)24(30-20)26(33)23(21)29-19/h1-13,31-33H. The molecule has 0 amide bonds. The Morgan fingerprint density at radius 3 is 1.97 bits per heavy atom. The van der Waals surface area contributed by atoms with E-state index in [0.717, 1.165) is 17.0 Å². The first-order valence-corrected chi connectivity index (χ1v) is 10.3. The average Bonchev–Trinajstić information content (AvgIpc) is 3.57. The van der Waals surface area contributed by atoms with E-state index >= 15 is 0 Å². The highest BCUT2D eigenvalue weighted by atomic mass is 16.3. The molecule has 5 aliphatic rings. The lowest BCUT2D eigenvalue weighted by molar-refractivity contribution is 0.393. The van der Waals surface area contributed by atoms with Crippen LogP contribution in [0.2, 0.25) is 0 Å². The van der Waals surface area contributed by atoms with Gasteiger partial charge in [0.25, 0.3) is 0 Å². The van der Waals surface area contributed by atoms with E-state index in [4.69, 9.17) is 0 Å². The number of allylic oxidation sites excluding steroid dienone is 9. The van der Waals surface area contributed by atoms with Gasteiger partial charge in [-0.15, -0.1) is 0 Å². The van der Waals surface area contributed by atoms with Gasteiger partial charge < -0.3 is 15.3 Å². The fourth-order valence-corrected chi connectivity index (χ4v) is 3.97. The van der Waals surface area contributed by atoms with Crippen molar-refractivity contribution in [1.29, 1.82) is 0 Å². The molecule has 0 atom stereocenters. The SMILES string of the molecule is OC1=CC2=CC3=NC(=CC4=NC(=CC5=NC(=C(O)C1=N2)C(O)=C5c1ccccc1)C=C4)C=C3. The minimum Gasteiger partial charge on any atom is -0.505 e. The molecule has 1 aromatic rings. The maximum atomic E-state index is 11.1. The Morgan fingerprint density at radius 2 is 1.24 bits per heavy atom. The first-order valence-electron chi connectivity index (χ1n) is 10.3. The Labute approximate surface area is 188 Å². The van der Waals surface area contributed by atoms with E-state index in [0.29, 0.717) is 28.4 Å². The maximum Gasteiger partial charge on any atom is 0.174 e. The summed E-state index contributed by atoms with van der Waals surface area (Å²) in [7, 11) is 0. The van der Waals surface area contributed by atoms with Crippen molar-refractivity contribution < 1.29 is 15.3 Å². The first kappa shape index (κ1) is 18.9. The third-order valence-corrected chi connectivity index (χ3v) is 5.47. The number of aliphatic hydroxyl groups is 3. The molecule has 7 nitrogen and oxygen atoms in total. The fourth-order valence-electron chi connectivity index (χ4n) is 3.97. The second-order valence-electron chi connectivity index (χ2n) is 7.72. The van der Waals surface area contributed by atoms with Crippen LogP contribution in [0.25, 0.3) is 5.57 Å². The van der Waals surface area contributed by atoms with Gasteiger partial charge in [0.2, 0.25) is 0 Å². The van der Waals surface area contributed by atoms with Crippen LogP contribution in [-0.2, 0) is 0 Å². The van der Waals surface area contributed by atoms with Crippen LogP contribution in [0.5, 0.6) is 0 Å². The van der Waals surface area contributed by atoms with Crippen LogP contribution >= 0.6 is 0 Å². The van der Waals surface area contributed by atoms with Gasteiger partial charge in [-0.1, -0.05) is 30.3 Å². The molecule has 7 heteroatoms. The van der Waals surface area contributed by atoms with Crippen LogP contribution in [0, 0.1) is 0 Å². The molecule has 33 heavy (non-hydrogen) atoms. The van der Waals surface area contributed by atoms with Crippen molar-refractivity contribution in [3.05, 3.63) is 125 Å². The number of nitrogens with zero attached hydrogens (tertiary/aromatic N) is 4. The number of hydrogen-bond acceptors (Lipinski definition) is 7. The quantitative estimate of drug-likeness (QED) is 0.595. The molecule has 158 valence electrons. The highest BCUT2D eigenvalue weighted by Crippen LogP contribution is 2.35. The van der Waals surface area contributed by atoms with Gasteiger partial charge in [-0.25, -0.2) is 20.0 Å². The Morgan fingerprint density at radius 1 is 0.576 bits per heavy atom. The number of rotatable bonds is 1. The molecule has 0 saturated carbocycles. The third-order valence-electron chi connectivity index (χ3n) is 5.47. The van der Waals surface area contributed by atoms with Gasteiger partial charge in [-0.2, -0.15) is 0 Å². The molecule has 0 aliphatic carbocycles. The normalized spacial score (nSPS) is 20.8. The van der Waals surface area contributed by atoms with E-state index in [1.807, 2.05) is 60.7 Å². The molecule has 5 aliphatic heterocycles. The molecule has 0 radical (unpaired) electrons. The van der Waals surface area contributed by atoms with Crippen molar-refractivity contribution in [2.75, 3.05) is 0 Å². The number of hydrogen-bond donors (Lipinski definition) is 3. The zero-order valence-corrected chi connectivity index (χ0v) is 17.1. The largest absolute Gasteiger partial charge is 0.505 e. The molecule has 3 N–H and O–H groups in total. The zero-order valence-electron chi connectivity index (χ0n) is 17.1. The van der Waals surface area contributed by atoms with Crippen molar-refractivity contribution in [2.24, 2.45) is 20.0 Å². The average molecular weight is 432 g/mol. The lowest BCUT2D eigenvalue weighted by Crippen LogP contribution is -2.06. The van der Waals surface area contributed by atoms with Crippen LogP contribution in [0.1, 0.15) is 5.56 Å². The minimum absolute atomic E-state index is 0.0700. The Balaban J connectivity index is 1.60. The van der Waals surface area contributed by atoms with Crippen molar-refractivity contribution in [2.45, 2.75) is 0 Å². The van der Waals surface area contributed by atoms with Gasteiger partial charge in [0, 0.05) is 6.08 Å². The summed E-state index contributed by atoms with van der Waals surface area (Å²) < 4.78 is 0. The topological polar surface area (TPSA) is 110 Å². The number of aliphatic hydroxyl groups excluding tert-OH is 3. The van der Waals surface area contributed by atoms with E-state index in [1.54, 1.807) is 12.2 Å². The van der Waals surface area contributed by atoms with E-state index in [9.17, 15) is 15.3 Å². The third kappa shape index (κ3) is 3.23. The molecule has 5 heterocycles. The van der Waals surface area contributed by atoms with E-state index in [2.05, 4.69) is 20.0 Å². The summed E-state index contributed by atoms with van der Waals surface area (Å²) in [6.45, 7) is 0. The maximum absolute atomic E-state index is 11.1. The number of benzene rings is 1. The fraction of sp³-hybridized carbons (Fsp3) is 0. The summed E-state index contributed by atoms with van der Waals surface area (Å²) in [5, 5.41) is 32.5. The second-order valence-corrected chi connectivity index (χ2v) is 7.72. The van der Waals surface area contributed by atoms with Crippen LogP contribution < -0.4 is 0 Å². The molecule has 0 fully saturated rings. The molecule has 8 bridgehead atoms.